The summed E-state index contributed by atoms with van der Waals surface area (Å²) in [6, 6.07) is 0. The second kappa shape index (κ2) is 5.51. The van der Waals surface area contributed by atoms with Crippen molar-refractivity contribution in [2.24, 2.45) is 0 Å². The molecular weight excluding hydrogens is 220 g/mol. The highest BCUT2D eigenvalue weighted by Gasteiger charge is 2.33. The lowest BCUT2D eigenvalue weighted by Crippen LogP contribution is -2.38. The number of likely N-dealkylation sites (N-methyl/N-ethyl adjacent to an activating group) is 1. The van der Waals surface area contributed by atoms with Crippen molar-refractivity contribution in [3.05, 3.63) is 0 Å². The lowest BCUT2D eigenvalue weighted by Gasteiger charge is -2.26. The molecule has 0 unspecified atom stereocenters. The van der Waals surface area contributed by atoms with E-state index < -0.39 is 3.79 Å². The summed E-state index contributed by atoms with van der Waals surface area (Å²) in [6.07, 6.45) is -0.373. The molecule has 0 amide bonds. The maximum atomic E-state index is 5.70. The summed E-state index contributed by atoms with van der Waals surface area (Å²) in [7, 11) is 3.81. The van der Waals surface area contributed by atoms with Gasteiger partial charge in [-0.3, -0.25) is 0 Å². The second-order valence-corrected chi connectivity index (χ2v) is 5.12. The molecule has 0 N–H and O–H groups in total. The Morgan fingerprint density at radius 1 is 1.33 bits per heavy atom. The van der Waals surface area contributed by atoms with Crippen molar-refractivity contribution in [2.45, 2.75) is 16.8 Å². The van der Waals surface area contributed by atoms with E-state index in [9.17, 15) is 0 Å². The van der Waals surface area contributed by atoms with Crippen LogP contribution in [0.25, 0.3) is 0 Å². The van der Waals surface area contributed by atoms with Gasteiger partial charge in [0.05, 0.1) is 0 Å². The van der Waals surface area contributed by atoms with Crippen molar-refractivity contribution in [1.29, 1.82) is 0 Å². The maximum Gasteiger partial charge on any atom is 0.217 e. The number of nitrogens with zero attached hydrogens (tertiary/aromatic N) is 1. The summed E-state index contributed by atoms with van der Waals surface area (Å²) >= 11 is 17.1. The van der Waals surface area contributed by atoms with Crippen LogP contribution in [0, 0.1) is 0 Å². The molecule has 0 aromatic heterocycles. The monoisotopic (exact) mass is 233 g/mol. The van der Waals surface area contributed by atoms with E-state index in [-0.39, 0.29) is 6.10 Å². The number of rotatable bonds is 4. The summed E-state index contributed by atoms with van der Waals surface area (Å²) in [5.41, 5.74) is 0. The molecule has 2 nitrogen and oxygen atoms in total. The van der Waals surface area contributed by atoms with Crippen LogP contribution < -0.4 is 0 Å². The van der Waals surface area contributed by atoms with Crippen LogP contribution in [0.2, 0.25) is 0 Å². The fourth-order valence-corrected chi connectivity index (χ4v) is 1.18. The van der Waals surface area contributed by atoms with Crippen LogP contribution in [0.5, 0.6) is 0 Å². The molecule has 0 radical (unpaired) electrons. The van der Waals surface area contributed by atoms with E-state index >= 15 is 0 Å². The SMILES string of the molecule is CCO[C@@H](CN(C)C)C(Cl)(Cl)Cl. The molecule has 74 valence electrons. The first kappa shape index (κ1) is 12.8. The van der Waals surface area contributed by atoms with E-state index in [0.29, 0.717) is 13.2 Å². The lowest BCUT2D eigenvalue weighted by molar-refractivity contribution is 0.0470. The second-order valence-electron chi connectivity index (χ2n) is 2.75. The number of halogens is 3. The number of hydrogen-bond donors (Lipinski definition) is 0. The van der Waals surface area contributed by atoms with Gasteiger partial charge in [0.2, 0.25) is 3.79 Å². The molecule has 0 saturated carbocycles. The molecule has 0 aliphatic heterocycles. The first-order chi connectivity index (χ1) is 5.38. The Hall–Kier alpha value is 0.790. The van der Waals surface area contributed by atoms with Gasteiger partial charge < -0.3 is 9.64 Å². The largest absolute Gasteiger partial charge is 0.373 e. The van der Waals surface area contributed by atoms with Crippen molar-refractivity contribution in [1.82, 2.24) is 4.90 Å². The van der Waals surface area contributed by atoms with Crippen LogP contribution in [-0.4, -0.2) is 42.0 Å². The first-order valence-corrected chi connectivity index (χ1v) is 4.84. The minimum Gasteiger partial charge on any atom is -0.373 e. The average molecular weight is 235 g/mol. The number of alkyl halides is 3. The summed E-state index contributed by atoms with van der Waals surface area (Å²) in [5, 5.41) is 0. The molecule has 0 aromatic rings. The summed E-state index contributed by atoms with van der Waals surface area (Å²) in [6.45, 7) is 3.02. The lowest BCUT2D eigenvalue weighted by atomic mass is 10.4. The molecule has 0 heterocycles. The average Bonchev–Trinajstić information content (AvgIpc) is 1.83. The third kappa shape index (κ3) is 5.44. The van der Waals surface area contributed by atoms with Gasteiger partial charge in [0, 0.05) is 13.2 Å². The Labute approximate surface area is 88.7 Å². The van der Waals surface area contributed by atoms with E-state index in [1.54, 1.807) is 0 Å². The van der Waals surface area contributed by atoms with Crippen LogP contribution >= 0.6 is 34.8 Å². The zero-order valence-corrected chi connectivity index (χ0v) is 9.75. The highest BCUT2D eigenvalue weighted by Crippen LogP contribution is 2.32. The zero-order valence-electron chi connectivity index (χ0n) is 7.48. The van der Waals surface area contributed by atoms with Crippen molar-refractivity contribution in [3.63, 3.8) is 0 Å². The normalized spacial score (nSPS) is 15.2. The third-order valence-corrected chi connectivity index (χ3v) is 1.99. The van der Waals surface area contributed by atoms with Gasteiger partial charge >= 0.3 is 0 Å². The standard InChI is InChI=1S/C7H14Cl3NO/c1-4-12-6(5-11(2)3)7(8,9)10/h6H,4-5H2,1-3H3/t6-/m0/s1. The minimum absolute atomic E-state index is 0.373. The van der Waals surface area contributed by atoms with Crippen molar-refractivity contribution >= 4 is 34.8 Å². The van der Waals surface area contributed by atoms with Crippen molar-refractivity contribution in [3.8, 4) is 0 Å². The summed E-state index contributed by atoms with van der Waals surface area (Å²) in [4.78, 5) is 1.92. The molecule has 12 heavy (non-hydrogen) atoms. The fraction of sp³-hybridized carbons (Fsp3) is 1.00. The molecule has 0 aliphatic rings. The van der Waals surface area contributed by atoms with E-state index in [2.05, 4.69) is 0 Å². The van der Waals surface area contributed by atoms with Crippen molar-refractivity contribution in [2.75, 3.05) is 27.2 Å². The smallest absolute Gasteiger partial charge is 0.217 e. The van der Waals surface area contributed by atoms with Crippen LogP contribution in [0.4, 0.5) is 0 Å². The fourth-order valence-electron chi connectivity index (χ4n) is 0.784. The van der Waals surface area contributed by atoms with Gasteiger partial charge in [-0.15, -0.1) is 0 Å². The molecule has 0 aromatic carbocycles. The van der Waals surface area contributed by atoms with Gasteiger partial charge in [0.1, 0.15) is 6.10 Å². The molecule has 0 saturated heterocycles. The van der Waals surface area contributed by atoms with Crippen molar-refractivity contribution < 1.29 is 4.74 Å². The van der Waals surface area contributed by atoms with E-state index in [0.717, 1.165) is 0 Å². The van der Waals surface area contributed by atoms with E-state index in [4.69, 9.17) is 39.5 Å². The Balaban J connectivity index is 4.04. The molecule has 0 spiro atoms. The quantitative estimate of drug-likeness (QED) is 0.692. The molecule has 0 fully saturated rings. The number of hydrogen-bond acceptors (Lipinski definition) is 2. The minimum atomic E-state index is -1.35. The topological polar surface area (TPSA) is 12.5 Å². The van der Waals surface area contributed by atoms with E-state index in [1.165, 1.54) is 0 Å². The molecular formula is C7H14Cl3NO. The predicted octanol–water partition coefficient (Wildman–Crippen LogP) is 2.32. The van der Waals surface area contributed by atoms with Crippen LogP contribution in [0.3, 0.4) is 0 Å². The van der Waals surface area contributed by atoms with Gasteiger partial charge in [-0.25, -0.2) is 0 Å². The van der Waals surface area contributed by atoms with Crippen LogP contribution in [-0.2, 0) is 4.74 Å². The maximum absolute atomic E-state index is 5.70. The summed E-state index contributed by atoms with van der Waals surface area (Å²) in [5.74, 6) is 0. The molecule has 1 atom stereocenters. The predicted molar refractivity (Wildman–Crippen MR) is 54.3 cm³/mol. The first-order valence-electron chi connectivity index (χ1n) is 3.71. The molecule has 0 aliphatic carbocycles. The van der Waals surface area contributed by atoms with E-state index in [1.807, 2.05) is 25.9 Å². The highest BCUT2D eigenvalue weighted by molar-refractivity contribution is 6.68. The Morgan fingerprint density at radius 3 is 2.08 bits per heavy atom. The van der Waals surface area contributed by atoms with Crippen LogP contribution in [0.15, 0.2) is 0 Å². The van der Waals surface area contributed by atoms with Gasteiger partial charge in [-0.05, 0) is 21.0 Å². The molecule has 0 bridgehead atoms. The van der Waals surface area contributed by atoms with Gasteiger partial charge in [-0.2, -0.15) is 0 Å². The molecule has 0 rings (SSSR count). The van der Waals surface area contributed by atoms with Gasteiger partial charge in [0.15, 0.2) is 0 Å². The van der Waals surface area contributed by atoms with Gasteiger partial charge in [-0.1, -0.05) is 34.8 Å². The Bertz CT molecular complexity index is 124. The number of ether oxygens (including phenoxy) is 1. The summed E-state index contributed by atoms with van der Waals surface area (Å²) < 4.78 is 3.93. The third-order valence-electron chi connectivity index (χ3n) is 1.26. The van der Waals surface area contributed by atoms with Crippen LogP contribution in [0.1, 0.15) is 6.92 Å². The Kier molecular flexibility index (Phi) is 5.87. The molecule has 5 heteroatoms. The van der Waals surface area contributed by atoms with Gasteiger partial charge in [0.25, 0.3) is 0 Å². The Morgan fingerprint density at radius 2 is 1.83 bits per heavy atom. The highest BCUT2D eigenvalue weighted by atomic mass is 35.6. The zero-order chi connectivity index (χ0) is 9.78.